The van der Waals surface area contributed by atoms with Gasteiger partial charge in [-0.1, -0.05) is 19.9 Å². The molecule has 0 aliphatic carbocycles. The van der Waals surface area contributed by atoms with Crippen molar-refractivity contribution >= 4 is 22.7 Å². The number of thiophene rings is 1. The van der Waals surface area contributed by atoms with Crippen LogP contribution in [0.25, 0.3) is 0 Å². The third-order valence-electron chi connectivity index (χ3n) is 3.09. The van der Waals surface area contributed by atoms with E-state index in [0.717, 1.165) is 17.0 Å². The van der Waals surface area contributed by atoms with Crippen LogP contribution >= 0.6 is 11.3 Å². The van der Waals surface area contributed by atoms with E-state index in [-0.39, 0.29) is 12.0 Å². The highest BCUT2D eigenvalue weighted by molar-refractivity contribution is 7.10. The first kappa shape index (κ1) is 15.4. The molecular weight excluding hydrogens is 298 g/mol. The summed E-state index contributed by atoms with van der Waals surface area (Å²) in [6, 6.07) is 5.08. The molecular formula is C14H14F2N2O2S. The van der Waals surface area contributed by atoms with Crippen molar-refractivity contribution in [2.75, 3.05) is 5.32 Å². The molecule has 0 amide bonds. The number of nitrogens with zero attached hydrogens (tertiary/aromatic N) is 1. The van der Waals surface area contributed by atoms with E-state index in [0.29, 0.717) is 0 Å². The Bertz CT molecular complexity index is 645. The van der Waals surface area contributed by atoms with Crippen molar-refractivity contribution in [1.82, 2.24) is 0 Å². The molecule has 0 radical (unpaired) electrons. The standard InChI is InChI=1S/C14H14F2N2O2S/c1-8(2)13(11-4-3-7-21-11)17-14-10(18(19)20)6-5-9(15)12(14)16/h3-8,13,17H,1-2H3. The molecule has 112 valence electrons. The zero-order valence-corrected chi connectivity index (χ0v) is 12.3. The molecule has 1 unspecified atom stereocenters. The zero-order chi connectivity index (χ0) is 15.6. The lowest BCUT2D eigenvalue weighted by Gasteiger charge is -2.22. The van der Waals surface area contributed by atoms with Crippen molar-refractivity contribution in [3.63, 3.8) is 0 Å². The van der Waals surface area contributed by atoms with Crippen molar-refractivity contribution in [3.8, 4) is 0 Å². The Balaban J connectivity index is 2.46. The van der Waals surface area contributed by atoms with Crippen LogP contribution in [0.4, 0.5) is 20.2 Å². The van der Waals surface area contributed by atoms with Crippen molar-refractivity contribution in [1.29, 1.82) is 0 Å². The van der Waals surface area contributed by atoms with Gasteiger partial charge < -0.3 is 5.32 Å². The Labute approximate surface area is 124 Å². The van der Waals surface area contributed by atoms with Gasteiger partial charge in [0, 0.05) is 10.9 Å². The summed E-state index contributed by atoms with van der Waals surface area (Å²) < 4.78 is 27.3. The van der Waals surface area contributed by atoms with Crippen LogP contribution in [-0.2, 0) is 0 Å². The smallest absolute Gasteiger partial charge is 0.295 e. The largest absolute Gasteiger partial charge is 0.369 e. The third kappa shape index (κ3) is 3.18. The van der Waals surface area contributed by atoms with Crippen molar-refractivity contribution in [2.45, 2.75) is 19.9 Å². The van der Waals surface area contributed by atoms with E-state index in [1.807, 2.05) is 31.4 Å². The normalized spacial score (nSPS) is 12.4. The lowest BCUT2D eigenvalue weighted by Crippen LogP contribution is -2.17. The Morgan fingerprint density at radius 2 is 2.00 bits per heavy atom. The van der Waals surface area contributed by atoms with Crippen LogP contribution < -0.4 is 5.32 Å². The first-order valence-electron chi connectivity index (χ1n) is 6.34. The average molecular weight is 312 g/mol. The molecule has 0 spiro atoms. The summed E-state index contributed by atoms with van der Waals surface area (Å²) in [5.41, 5.74) is -0.886. The predicted molar refractivity (Wildman–Crippen MR) is 78.5 cm³/mol. The van der Waals surface area contributed by atoms with E-state index in [1.54, 1.807) is 0 Å². The van der Waals surface area contributed by atoms with Crippen molar-refractivity contribution in [3.05, 3.63) is 56.3 Å². The van der Waals surface area contributed by atoms with Crippen molar-refractivity contribution < 1.29 is 13.7 Å². The molecule has 0 fully saturated rings. The number of rotatable bonds is 5. The molecule has 2 aromatic rings. The van der Waals surface area contributed by atoms with Crippen LogP contribution in [0.5, 0.6) is 0 Å². The maximum Gasteiger partial charge on any atom is 0.295 e. The number of anilines is 1. The highest BCUT2D eigenvalue weighted by atomic mass is 32.1. The van der Waals surface area contributed by atoms with Gasteiger partial charge in [0.2, 0.25) is 0 Å². The highest BCUT2D eigenvalue weighted by Gasteiger charge is 2.26. The Kier molecular flexibility index (Phi) is 4.52. The molecule has 0 saturated carbocycles. The summed E-state index contributed by atoms with van der Waals surface area (Å²) in [6.45, 7) is 3.81. The lowest BCUT2D eigenvalue weighted by atomic mass is 10.0. The second-order valence-electron chi connectivity index (χ2n) is 4.89. The number of nitro benzene ring substituents is 1. The lowest BCUT2D eigenvalue weighted by molar-refractivity contribution is -0.384. The minimum absolute atomic E-state index is 0.0471. The predicted octanol–water partition coefficient (Wildman–Crippen LogP) is 4.74. The molecule has 0 aliphatic heterocycles. The van der Waals surface area contributed by atoms with Gasteiger partial charge >= 0.3 is 0 Å². The molecule has 0 saturated heterocycles. The summed E-state index contributed by atoms with van der Waals surface area (Å²) in [7, 11) is 0. The van der Waals surface area contributed by atoms with Crippen molar-refractivity contribution in [2.24, 2.45) is 5.92 Å². The SMILES string of the molecule is CC(C)C(Nc1c([N+](=O)[O-])ccc(F)c1F)c1cccs1. The third-order valence-corrected chi connectivity index (χ3v) is 4.04. The number of benzene rings is 1. The molecule has 0 aliphatic rings. The van der Waals surface area contributed by atoms with E-state index in [2.05, 4.69) is 5.32 Å². The van der Waals surface area contributed by atoms with Crippen LogP contribution in [0.15, 0.2) is 29.6 Å². The summed E-state index contributed by atoms with van der Waals surface area (Å²) >= 11 is 1.45. The first-order chi connectivity index (χ1) is 9.91. The molecule has 2 rings (SSSR count). The number of nitro groups is 1. The molecule has 1 aromatic heterocycles. The Hall–Kier alpha value is -2.02. The average Bonchev–Trinajstić information content (AvgIpc) is 2.93. The van der Waals surface area contributed by atoms with Crippen LogP contribution in [0.2, 0.25) is 0 Å². The van der Waals surface area contributed by atoms with E-state index in [4.69, 9.17) is 0 Å². The van der Waals surface area contributed by atoms with Gasteiger partial charge in [0.15, 0.2) is 17.3 Å². The first-order valence-corrected chi connectivity index (χ1v) is 7.22. The van der Waals surface area contributed by atoms with Gasteiger partial charge in [-0.15, -0.1) is 11.3 Å². The molecule has 1 atom stereocenters. The molecule has 1 aromatic carbocycles. The van der Waals surface area contributed by atoms with Gasteiger partial charge in [0.05, 0.1) is 11.0 Å². The maximum atomic E-state index is 13.9. The zero-order valence-electron chi connectivity index (χ0n) is 11.5. The van der Waals surface area contributed by atoms with Gasteiger partial charge in [0.25, 0.3) is 5.69 Å². The number of nitrogens with one attached hydrogen (secondary N) is 1. The number of hydrogen-bond donors (Lipinski definition) is 1. The summed E-state index contributed by atoms with van der Waals surface area (Å²) in [4.78, 5) is 11.2. The molecule has 1 N–H and O–H groups in total. The summed E-state index contributed by atoms with van der Waals surface area (Å²) in [5, 5.41) is 15.7. The molecule has 0 bridgehead atoms. The fourth-order valence-electron chi connectivity index (χ4n) is 2.02. The topological polar surface area (TPSA) is 55.2 Å². The van der Waals surface area contributed by atoms with Gasteiger partial charge in [-0.2, -0.15) is 0 Å². The van der Waals surface area contributed by atoms with E-state index in [1.165, 1.54) is 11.3 Å². The monoisotopic (exact) mass is 312 g/mol. The highest BCUT2D eigenvalue weighted by Crippen LogP contribution is 2.35. The molecule has 7 heteroatoms. The fourth-order valence-corrected chi connectivity index (χ4v) is 2.97. The van der Waals surface area contributed by atoms with Gasteiger partial charge in [0.1, 0.15) is 0 Å². The van der Waals surface area contributed by atoms with Gasteiger partial charge in [-0.05, 0) is 23.4 Å². The van der Waals surface area contributed by atoms with E-state index in [9.17, 15) is 18.9 Å². The molecule has 21 heavy (non-hydrogen) atoms. The second-order valence-corrected chi connectivity index (χ2v) is 5.87. The van der Waals surface area contributed by atoms with E-state index < -0.39 is 27.9 Å². The van der Waals surface area contributed by atoms with Crippen LogP contribution in [0.1, 0.15) is 24.8 Å². The number of hydrogen-bond acceptors (Lipinski definition) is 4. The Morgan fingerprint density at radius 3 is 2.52 bits per heavy atom. The fraction of sp³-hybridized carbons (Fsp3) is 0.286. The molecule has 4 nitrogen and oxygen atoms in total. The molecule has 1 heterocycles. The van der Waals surface area contributed by atoms with Crippen LogP contribution in [0.3, 0.4) is 0 Å². The van der Waals surface area contributed by atoms with E-state index >= 15 is 0 Å². The quantitative estimate of drug-likeness (QED) is 0.640. The Morgan fingerprint density at radius 1 is 1.29 bits per heavy atom. The summed E-state index contributed by atoms with van der Waals surface area (Å²) in [6.07, 6.45) is 0. The van der Waals surface area contributed by atoms with Gasteiger partial charge in [-0.25, -0.2) is 8.78 Å². The maximum absolute atomic E-state index is 13.9. The minimum atomic E-state index is -1.23. The van der Waals surface area contributed by atoms with Gasteiger partial charge in [-0.3, -0.25) is 10.1 Å². The second kappa shape index (κ2) is 6.17. The van der Waals surface area contributed by atoms with Crippen LogP contribution in [0, 0.1) is 27.7 Å². The number of halogens is 2. The minimum Gasteiger partial charge on any atom is -0.369 e. The summed E-state index contributed by atoms with van der Waals surface area (Å²) in [5.74, 6) is -2.30. The van der Waals surface area contributed by atoms with Crippen LogP contribution in [-0.4, -0.2) is 4.92 Å².